The van der Waals surface area contributed by atoms with E-state index in [0.717, 1.165) is 0 Å². The molecule has 3 aromatic rings. The molecular formula is C29H36N6O5. The molecule has 0 aliphatic carbocycles. The van der Waals surface area contributed by atoms with Gasteiger partial charge in [0, 0.05) is 32.2 Å². The van der Waals surface area contributed by atoms with Crippen molar-refractivity contribution >= 4 is 29.2 Å². The molecule has 11 heteroatoms. The average molecular weight is 549 g/mol. The summed E-state index contributed by atoms with van der Waals surface area (Å²) in [5.41, 5.74) is 2.29. The number of aliphatic hydroxyl groups excluding tert-OH is 1. The standard InChI is InChI=1S/C29H36N6O5/c1-18-15-35(20(3)17-36)28(38)22-12-9-13-23(31-27(37)24-14-19(2)32-34(24)5)26(22)40-25(18)16-33(4)29(39)30-21-10-7-6-8-11-21/h6-14,18,20,25,36H,15-17H2,1-5H3,(H,30,39)(H,31,37)/t18-,20-,25-/m0/s1. The summed E-state index contributed by atoms with van der Waals surface area (Å²) < 4.78 is 7.97. The summed E-state index contributed by atoms with van der Waals surface area (Å²) in [5, 5.41) is 19.9. The van der Waals surface area contributed by atoms with E-state index in [-0.39, 0.29) is 42.3 Å². The Balaban J connectivity index is 1.67. The Hall–Kier alpha value is -4.38. The van der Waals surface area contributed by atoms with Crippen molar-refractivity contribution in [3.63, 3.8) is 0 Å². The quantitative estimate of drug-likeness (QED) is 0.415. The minimum Gasteiger partial charge on any atom is -0.485 e. The van der Waals surface area contributed by atoms with Crippen molar-refractivity contribution in [1.29, 1.82) is 0 Å². The van der Waals surface area contributed by atoms with Crippen LogP contribution in [-0.4, -0.2) is 81.4 Å². The maximum Gasteiger partial charge on any atom is 0.321 e. The van der Waals surface area contributed by atoms with Crippen molar-refractivity contribution in [2.75, 3.05) is 37.4 Å². The molecule has 0 saturated heterocycles. The summed E-state index contributed by atoms with van der Waals surface area (Å²) in [6, 6.07) is 15.0. The van der Waals surface area contributed by atoms with E-state index in [2.05, 4.69) is 15.7 Å². The molecular weight excluding hydrogens is 512 g/mol. The van der Waals surface area contributed by atoms with Gasteiger partial charge in [0.05, 0.1) is 36.1 Å². The first-order valence-corrected chi connectivity index (χ1v) is 13.2. The number of nitrogens with zero attached hydrogens (tertiary/aromatic N) is 4. The van der Waals surface area contributed by atoms with Crippen LogP contribution in [-0.2, 0) is 7.05 Å². The van der Waals surface area contributed by atoms with E-state index in [9.17, 15) is 19.5 Å². The summed E-state index contributed by atoms with van der Waals surface area (Å²) in [7, 11) is 3.35. The van der Waals surface area contributed by atoms with Gasteiger partial charge in [0.1, 0.15) is 11.8 Å². The van der Waals surface area contributed by atoms with E-state index in [1.165, 1.54) is 9.58 Å². The van der Waals surface area contributed by atoms with E-state index in [0.29, 0.717) is 29.3 Å². The number of carbonyl (C=O) groups is 3. The molecule has 3 atom stereocenters. The third-order valence-electron chi connectivity index (χ3n) is 7.00. The van der Waals surface area contributed by atoms with Crippen LogP contribution in [0.5, 0.6) is 5.75 Å². The number of likely N-dealkylation sites (N-methyl/N-ethyl adjacent to an activating group) is 1. The second kappa shape index (κ2) is 12.2. The lowest BCUT2D eigenvalue weighted by Crippen LogP contribution is -2.50. The molecule has 3 N–H and O–H groups in total. The van der Waals surface area contributed by atoms with Crippen molar-refractivity contribution in [1.82, 2.24) is 19.6 Å². The van der Waals surface area contributed by atoms with Gasteiger partial charge >= 0.3 is 6.03 Å². The highest BCUT2D eigenvalue weighted by Gasteiger charge is 2.35. The van der Waals surface area contributed by atoms with E-state index >= 15 is 0 Å². The first kappa shape index (κ1) is 28.6. The topological polar surface area (TPSA) is 129 Å². The van der Waals surface area contributed by atoms with Gasteiger partial charge < -0.3 is 30.3 Å². The molecule has 4 rings (SSSR count). The predicted octanol–water partition coefficient (Wildman–Crippen LogP) is 3.36. The van der Waals surface area contributed by atoms with Crippen LogP contribution in [0.2, 0.25) is 0 Å². The Morgan fingerprint density at radius 3 is 2.55 bits per heavy atom. The van der Waals surface area contributed by atoms with Crippen molar-refractivity contribution in [3.05, 3.63) is 71.5 Å². The van der Waals surface area contributed by atoms with Gasteiger partial charge in [-0.2, -0.15) is 5.10 Å². The van der Waals surface area contributed by atoms with Crippen molar-refractivity contribution in [2.24, 2.45) is 13.0 Å². The number of hydrogen-bond donors (Lipinski definition) is 3. The number of ether oxygens (including phenoxy) is 1. The van der Waals surface area contributed by atoms with Gasteiger partial charge in [-0.1, -0.05) is 31.2 Å². The fourth-order valence-electron chi connectivity index (χ4n) is 4.66. The molecule has 0 bridgehead atoms. The van der Waals surface area contributed by atoms with E-state index < -0.39 is 18.1 Å². The van der Waals surface area contributed by atoms with E-state index in [1.807, 2.05) is 25.1 Å². The smallest absolute Gasteiger partial charge is 0.321 e. The number of carbonyl (C=O) groups excluding carboxylic acids is 3. The van der Waals surface area contributed by atoms with Crippen molar-refractivity contribution in [3.8, 4) is 5.75 Å². The number of para-hydroxylation sites is 2. The number of nitrogens with one attached hydrogen (secondary N) is 2. The number of fused-ring (bicyclic) bond motifs is 1. The molecule has 1 aromatic heterocycles. The normalized spacial score (nSPS) is 17.6. The molecule has 0 unspecified atom stereocenters. The van der Waals surface area contributed by atoms with Crippen LogP contribution in [0.1, 0.15) is 40.4 Å². The number of amides is 4. The summed E-state index contributed by atoms with van der Waals surface area (Å²) in [5.74, 6) is -0.728. The fraction of sp³-hybridized carbons (Fsp3) is 0.379. The average Bonchev–Trinajstić information content (AvgIpc) is 3.28. The summed E-state index contributed by atoms with van der Waals surface area (Å²) in [6.07, 6.45) is -0.538. The number of urea groups is 1. The number of anilines is 2. The highest BCUT2D eigenvalue weighted by atomic mass is 16.5. The Morgan fingerprint density at radius 1 is 1.18 bits per heavy atom. The zero-order chi connectivity index (χ0) is 29.0. The second-order valence-electron chi connectivity index (χ2n) is 10.2. The monoisotopic (exact) mass is 548 g/mol. The van der Waals surface area contributed by atoms with Crippen molar-refractivity contribution in [2.45, 2.75) is 32.9 Å². The van der Waals surface area contributed by atoms with Crippen LogP contribution in [0, 0.1) is 12.8 Å². The molecule has 40 heavy (non-hydrogen) atoms. The minimum absolute atomic E-state index is 0.206. The Morgan fingerprint density at radius 2 is 1.90 bits per heavy atom. The fourth-order valence-corrected chi connectivity index (χ4v) is 4.66. The molecule has 0 fully saturated rings. The molecule has 1 aliphatic rings. The van der Waals surface area contributed by atoms with Gasteiger partial charge in [0.15, 0.2) is 5.75 Å². The Bertz CT molecular complexity index is 1370. The third-order valence-corrected chi connectivity index (χ3v) is 7.00. The lowest BCUT2D eigenvalue weighted by atomic mass is 9.99. The number of benzene rings is 2. The van der Waals surface area contributed by atoms with Gasteiger partial charge in [-0.15, -0.1) is 0 Å². The number of aliphatic hydroxyl groups is 1. The zero-order valence-corrected chi connectivity index (χ0v) is 23.4. The van der Waals surface area contributed by atoms with Crippen molar-refractivity contribution < 1.29 is 24.2 Å². The highest BCUT2D eigenvalue weighted by Crippen LogP contribution is 2.35. The van der Waals surface area contributed by atoms with E-state index in [4.69, 9.17) is 4.74 Å². The molecule has 0 radical (unpaired) electrons. The largest absolute Gasteiger partial charge is 0.485 e. The lowest BCUT2D eigenvalue weighted by molar-refractivity contribution is 0.0372. The van der Waals surface area contributed by atoms with Crippen LogP contribution in [0.4, 0.5) is 16.2 Å². The summed E-state index contributed by atoms with van der Waals surface area (Å²) in [4.78, 5) is 42.9. The molecule has 4 amide bonds. The molecule has 1 aliphatic heterocycles. The minimum atomic E-state index is -0.538. The highest BCUT2D eigenvalue weighted by molar-refractivity contribution is 6.06. The van der Waals surface area contributed by atoms with Gasteiger partial charge in [0.2, 0.25) is 0 Å². The predicted molar refractivity (Wildman–Crippen MR) is 152 cm³/mol. The summed E-state index contributed by atoms with van der Waals surface area (Å²) in [6.45, 7) is 5.81. The van der Waals surface area contributed by atoms with E-state index in [1.54, 1.807) is 69.2 Å². The SMILES string of the molecule is Cc1cc(C(=O)Nc2cccc3c2O[C@@H](CN(C)C(=O)Nc2ccccc2)[C@@H](C)CN([C@@H](C)CO)C3=O)n(C)n1. The number of aryl methyl sites for hydroxylation is 2. The van der Waals surface area contributed by atoms with Crippen LogP contribution < -0.4 is 15.4 Å². The number of hydrogen-bond acceptors (Lipinski definition) is 6. The molecule has 0 spiro atoms. The van der Waals surface area contributed by atoms with Crippen LogP contribution in [0.15, 0.2) is 54.6 Å². The first-order valence-electron chi connectivity index (χ1n) is 13.2. The second-order valence-corrected chi connectivity index (χ2v) is 10.2. The molecule has 0 saturated carbocycles. The third kappa shape index (κ3) is 6.26. The molecule has 2 heterocycles. The van der Waals surface area contributed by atoms with Gasteiger partial charge in [-0.05, 0) is 44.2 Å². The number of rotatable bonds is 7. The Labute approximate surface area is 233 Å². The molecule has 11 nitrogen and oxygen atoms in total. The maximum atomic E-state index is 13.7. The number of aromatic nitrogens is 2. The first-order chi connectivity index (χ1) is 19.1. The van der Waals surface area contributed by atoms with Crippen LogP contribution in [0.3, 0.4) is 0 Å². The maximum absolute atomic E-state index is 13.7. The summed E-state index contributed by atoms with van der Waals surface area (Å²) >= 11 is 0. The molecule has 2 aromatic carbocycles. The van der Waals surface area contributed by atoms with Gasteiger partial charge in [-0.25, -0.2) is 4.79 Å². The van der Waals surface area contributed by atoms with Gasteiger partial charge in [-0.3, -0.25) is 14.3 Å². The lowest BCUT2D eigenvalue weighted by Gasteiger charge is -2.38. The van der Waals surface area contributed by atoms with Gasteiger partial charge in [0.25, 0.3) is 11.8 Å². The zero-order valence-electron chi connectivity index (χ0n) is 23.4. The molecule has 212 valence electrons. The van der Waals surface area contributed by atoms with Crippen LogP contribution in [0.25, 0.3) is 0 Å². The van der Waals surface area contributed by atoms with Crippen LogP contribution >= 0.6 is 0 Å². The Kier molecular flexibility index (Phi) is 8.73.